The van der Waals surface area contributed by atoms with E-state index in [-0.39, 0.29) is 22.7 Å². The number of carbonyl (C=O) groups is 1. The average Bonchev–Trinajstić information content (AvgIpc) is 3.04. The molecule has 7 heteroatoms. The molecule has 4 aromatic rings. The monoisotopic (exact) mass is 513 g/mol. The molecule has 4 nitrogen and oxygen atoms in total. The molecule has 0 aliphatic carbocycles. The molecule has 0 saturated carbocycles. The second-order valence-corrected chi connectivity index (χ2v) is 9.13. The largest absolute Gasteiger partial charge is 0.450 e. The summed E-state index contributed by atoms with van der Waals surface area (Å²) < 4.78 is 6.71. The van der Waals surface area contributed by atoms with E-state index in [1.165, 1.54) is 0 Å². The van der Waals surface area contributed by atoms with E-state index in [2.05, 4.69) is 15.9 Å². The molecular weight excluding hydrogens is 501 g/mol. The number of rotatable bonds is 2. The first-order valence-corrected chi connectivity index (χ1v) is 11.0. The van der Waals surface area contributed by atoms with Gasteiger partial charge in [-0.25, -0.2) is 0 Å². The minimum atomic E-state index is -0.695. The summed E-state index contributed by atoms with van der Waals surface area (Å²) in [5.74, 6) is -0.340. The molecule has 0 radical (unpaired) electrons. The Balaban J connectivity index is 1.83. The number of carbonyl (C=O) groups excluding carboxylic acids is 1. The quantitative estimate of drug-likeness (QED) is 0.291. The number of hydrogen-bond acceptors (Lipinski definition) is 3. The first-order valence-electron chi connectivity index (χ1n) is 9.46. The predicted molar refractivity (Wildman–Crippen MR) is 126 cm³/mol. The van der Waals surface area contributed by atoms with Crippen LogP contribution < -0.4 is 10.3 Å². The maximum Gasteiger partial charge on any atom is 0.295 e. The Morgan fingerprint density at radius 3 is 2.39 bits per heavy atom. The lowest BCUT2D eigenvalue weighted by molar-refractivity contribution is 0.0971. The van der Waals surface area contributed by atoms with Crippen molar-refractivity contribution < 1.29 is 9.21 Å². The fraction of sp³-hybridized carbons (Fsp3) is 0.0833. The summed E-state index contributed by atoms with van der Waals surface area (Å²) in [7, 11) is 0. The maximum absolute atomic E-state index is 13.6. The van der Waals surface area contributed by atoms with Crippen molar-refractivity contribution in [3.8, 4) is 0 Å². The zero-order chi connectivity index (χ0) is 21.9. The third-order valence-corrected chi connectivity index (χ3v) is 6.64. The van der Waals surface area contributed by atoms with Gasteiger partial charge in [0.15, 0.2) is 5.43 Å². The normalized spacial score (nSPS) is 15.5. The summed E-state index contributed by atoms with van der Waals surface area (Å²) in [6.07, 6.45) is 0. The van der Waals surface area contributed by atoms with Crippen molar-refractivity contribution in [3.05, 3.63) is 108 Å². The smallest absolute Gasteiger partial charge is 0.295 e. The van der Waals surface area contributed by atoms with Crippen molar-refractivity contribution >= 4 is 61.7 Å². The molecule has 3 aromatic carbocycles. The molecule has 5 rings (SSSR count). The van der Waals surface area contributed by atoms with Gasteiger partial charge in [-0.05, 0) is 55.0 Å². The lowest BCUT2D eigenvalue weighted by Crippen LogP contribution is -2.29. The number of amides is 1. The standard InChI is InChI=1S/C24H14BrCl2NO3/c1-12-2-6-15(7-3-12)28-21(13-4-8-17(26)18(27)10-13)20-22(29)16-11-14(25)5-9-19(16)31-23(20)24(28)30/h2-11,21H,1H3. The van der Waals surface area contributed by atoms with Gasteiger partial charge in [0.2, 0.25) is 5.76 Å². The van der Waals surface area contributed by atoms with Crippen LogP contribution >= 0.6 is 39.1 Å². The highest BCUT2D eigenvalue weighted by atomic mass is 79.9. The maximum atomic E-state index is 13.6. The van der Waals surface area contributed by atoms with E-state index in [4.69, 9.17) is 27.6 Å². The Labute approximate surface area is 196 Å². The molecule has 0 saturated heterocycles. The van der Waals surface area contributed by atoms with Crippen LogP contribution in [0.15, 0.2) is 74.3 Å². The van der Waals surface area contributed by atoms with Crippen molar-refractivity contribution in [2.24, 2.45) is 0 Å². The summed E-state index contributed by atoms with van der Waals surface area (Å²) >= 11 is 15.8. The Kier molecular flexibility index (Phi) is 4.93. The summed E-state index contributed by atoms with van der Waals surface area (Å²) in [6.45, 7) is 1.97. The lowest BCUT2D eigenvalue weighted by atomic mass is 9.98. The van der Waals surface area contributed by atoms with Crippen molar-refractivity contribution in [1.82, 2.24) is 0 Å². The molecule has 1 aliphatic heterocycles. The second kappa shape index (κ2) is 7.52. The summed E-state index contributed by atoms with van der Waals surface area (Å²) in [4.78, 5) is 28.6. The van der Waals surface area contributed by atoms with Gasteiger partial charge >= 0.3 is 0 Å². The van der Waals surface area contributed by atoms with Crippen LogP contribution in [0.5, 0.6) is 0 Å². The van der Waals surface area contributed by atoms with E-state index in [9.17, 15) is 9.59 Å². The molecule has 31 heavy (non-hydrogen) atoms. The highest BCUT2D eigenvalue weighted by molar-refractivity contribution is 9.10. The van der Waals surface area contributed by atoms with Gasteiger partial charge in [0.1, 0.15) is 5.58 Å². The van der Waals surface area contributed by atoms with Gasteiger partial charge in [-0.2, -0.15) is 0 Å². The summed E-state index contributed by atoms with van der Waals surface area (Å²) in [6, 6.07) is 17.1. The van der Waals surface area contributed by atoms with Gasteiger partial charge in [0, 0.05) is 10.2 Å². The molecule has 1 aliphatic rings. The molecule has 0 spiro atoms. The molecule has 0 N–H and O–H groups in total. The van der Waals surface area contributed by atoms with Crippen molar-refractivity contribution in [2.75, 3.05) is 4.90 Å². The molecule has 2 heterocycles. The van der Waals surface area contributed by atoms with Crippen molar-refractivity contribution in [2.45, 2.75) is 13.0 Å². The SMILES string of the molecule is Cc1ccc(N2C(=O)c3oc4ccc(Br)cc4c(=O)c3C2c2ccc(Cl)c(Cl)c2)cc1. The Morgan fingerprint density at radius 1 is 0.935 bits per heavy atom. The highest BCUT2D eigenvalue weighted by Gasteiger charge is 2.43. The minimum absolute atomic E-state index is 0.0384. The third-order valence-electron chi connectivity index (χ3n) is 5.40. The van der Waals surface area contributed by atoms with Crippen molar-refractivity contribution in [1.29, 1.82) is 0 Å². The molecule has 1 aromatic heterocycles. The molecule has 154 valence electrons. The molecule has 1 atom stereocenters. The number of fused-ring (bicyclic) bond motifs is 2. The molecule has 1 unspecified atom stereocenters. The van der Waals surface area contributed by atoms with Crippen LogP contribution in [0.3, 0.4) is 0 Å². The number of hydrogen-bond donors (Lipinski definition) is 0. The van der Waals surface area contributed by atoms with Crippen LogP contribution in [0.1, 0.15) is 33.3 Å². The predicted octanol–water partition coefficient (Wildman–Crippen LogP) is 6.92. The third kappa shape index (κ3) is 3.28. The van der Waals surface area contributed by atoms with Crippen LogP contribution in [0.2, 0.25) is 10.0 Å². The number of nitrogens with zero attached hydrogens (tertiary/aromatic N) is 1. The van der Waals surface area contributed by atoms with Gasteiger partial charge in [-0.3, -0.25) is 14.5 Å². The van der Waals surface area contributed by atoms with Gasteiger partial charge in [0.05, 0.1) is 27.0 Å². The Bertz CT molecular complexity index is 1430. The number of benzene rings is 3. The van der Waals surface area contributed by atoms with Crippen LogP contribution in [0, 0.1) is 6.92 Å². The summed E-state index contributed by atoms with van der Waals surface area (Å²) in [5.41, 5.74) is 2.78. The molecular formula is C24H14BrCl2NO3. The van der Waals surface area contributed by atoms with Crippen LogP contribution in [0.4, 0.5) is 5.69 Å². The van der Waals surface area contributed by atoms with Crippen LogP contribution in [-0.4, -0.2) is 5.91 Å². The first-order chi connectivity index (χ1) is 14.8. The fourth-order valence-corrected chi connectivity index (χ4v) is 4.58. The van der Waals surface area contributed by atoms with Gasteiger partial charge in [-0.15, -0.1) is 0 Å². The van der Waals surface area contributed by atoms with Crippen LogP contribution in [0.25, 0.3) is 11.0 Å². The Morgan fingerprint density at radius 2 is 1.68 bits per heavy atom. The van der Waals surface area contributed by atoms with E-state index in [0.717, 1.165) is 10.0 Å². The zero-order valence-corrected chi connectivity index (χ0v) is 19.3. The fourth-order valence-electron chi connectivity index (χ4n) is 3.91. The average molecular weight is 515 g/mol. The van der Waals surface area contributed by atoms with E-state index in [1.807, 2.05) is 31.2 Å². The minimum Gasteiger partial charge on any atom is -0.450 e. The highest BCUT2D eigenvalue weighted by Crippen LogP contribution is 2.42. The molecule has 0 bridgehead atoms. The number of halogens is 3. The topological polar surface area (TPSA) is 50.5 Å². The Hall–Kier alpha value is -2.60. The first kappa shape index (κ1) is 20.3. The number of aryl methyl sites for hydroxylation is 1. The van der Waals surface area contributed by atoms with E-state index >= 15 is 0 Å². The van der Waals surface area contributed by atoms with E-state index in [1.54, 1.807) is 41.3 Å². The van der Waals surface area contributed by atoms with Gasteiger partial charge < -0.3 is 4.42 Å². The van der Waals surface area contributed by atoms with Crippen LogP contribution in [-0.2, 0) is 0 Å². The second-order valence-electron chi connectivity index (χ2n) is 7.40. The van der Waals surface area contributed by atoms with Crippen molar-refractivity contribution in [3.63, 3.8) is 0 Å². The van der Waals surface area contributed by atoms with Gasteiger partial charge in [0.25, 0.3) is 5.91 Å². The lowest BCUT2D eigenvalue weighted by Gasteiger charge is -2.25. The zero-order valence-electron chi connectivity index (χ0n) is 16.2. The summed E-state index contributed by atoms with van der Waals surface area (Å²) in [5, 5.41) is 1.14. The molecule has 0 fully saturated rings. The molecule has 1 amide bonds. The van der Waals surface area contributed by atoms with E-state index < -0.39 is 6.04 Å². The van der Waals surface area contributed by atoms with E-state index in [0.29, 0.717) is 32.3 Å². The van der Waals surface area contributed by atoms with Gasteiger partial charge in [-0.1, -0.05) is 62.9 Å². The number of anilines is 1.